The number of benzene rings is 19. The van der Waals surface area contributed by atoms with Crippen molar-refractivity contribution in [1.29, 1.82) is 0 Å². The lowest BCUT2D eigenvalue weighted by Gasteiger charge is -2.27. The van der Waals surface area contributed by atoms with Crippen LogP contribution in [-0.4, -0.2) is 8.80 Å². The van der Waals surface area contributed by atoms with E-state index in [1.165, 1.54) is 107 Å². The van der Waals surface area contributed by atoms with E-state index in [1.54, 1.807) is 0 Å². The number of rotatable bonds is 11. The second kappa shape index (κ2) is 29.0. The Kier molecular flexibility index (Phi) is 17.4. The summed E-state index contributed by atoms with van der Waals surface area (Å²) in [5.41, 5.74) is 20.7. The highest BCUT2D eigenvalue weighted by molar-refractivity contribution is 6.34. The van der Waals surface area contributed by atoms with Gasteiger partial charge in [0.1, 0.15) is 34.9 Å². The number of fused-ring (bicyclic) bond motifs is 18. The molecule has 0 aliphatic rings. The van der Waals surface area contributed by atoms with Crippen molar-refractivity contribution in [1.82, 2.24) is 8.80 Å². The molecule has 19 aromatic carbocycles. The van der Waals surface area contributed by atoms with Crippen LogP contribution in [0.25, 0.3) is 153 Å². The number of aryl methyl sites for hydroxylation is 2. The molecule has 11 heteroatoms. The zero-order valence-electron chi connectivity index (χ0n) is 64.4. The van der Waals surface area contributed by atoms with Crippen molar-refractivity contribution in [2.24, 2.45) is 0 Å². The van der Waals surface area contributed by atoms with Crippen LogP contribution < -0.4 is 15.1 Å². The number of anilines is 8. The summed E-state index contributed by atoms with van der Waals surface area (Å²) < 4.78 is 91.8. The van der Waals surface area contributed by atoms with Gasteiger partial charge >= 0.3 is 0 Å². The molecule has 0 spiro atoms. The predicted molar refractivity (Wildman–Crippen MR) is 483 cm³/mol. The molecule has 0 unspecified atom stereocenters. The first-order valence-corrected chi connectivity index (χ1v) is 39.5. The molecule has 0 radical (unpaired) electrons. The Balaban J connectivity index is 0.000000142. The van der Waals surface area contributed by atoms with Gasteiger partial charge in [0.15, 0.2) is 0 Å². The monoisotopic (exact) mass is 1550 g/mol. The molecule has 23 aromatic rings. The maximum atomic E-state index is 15.4. The normalized spacial score (nSPS) is 11.7. The molecule has 568 valence electrons. The van der Waals surface area contributed by atoms with Crippen LogP contribution in [0.4, 0.5) is 71.8 Å². The first-order chi connectivity index (χ1) is 58.2. The number of hydrogen-bond donors (Lipinski definition) is 1. The molecule has 4 heterocycles. The Hall–Kier alpha value is -15.2. The predicted octanol–water partition coefficient (Wildman–Crippen LogP) is 31.1. The fourth-order valence-electron chi connectivity index (χ4n) is 17.9. The van der Waals surface area contributed by atoms with Crippen LogP contribution in [0.15, 0.2) is 376 Å². The topological polar surface area (TPSA) is 27.3 Å². The summed E-state index contributed by atoms with van der Waals surface area (Å²) in [6.07, 6.45) is 0. The summed E-state index contributed by atoms with van der Waals surface area (Å²) in [4.78, 5) is 3.83. The Morgan fingerprint density at radius 3 is 1.13 bits per heavy atom. The third kappa shape index (κ3) is 12.7. The largest absolute Gasteiger partial charge is 0.355 e. The van der Waals surface area contributed by atoms with Crippen LogP contribution in [0.3, 0.4) is 0 Å². The van der Waals surface area contributed by atoms with Gasteiger partial charge in [0.05, 0.1) is 50.2 Å². The smallest absolute Gasteiger partial charge is 0.128 e. The van der Waals surface area contributed by atoms with Gasteiger partial charge in [0, 0.05) is 89.7 Å². The zero-order chi connectivity index (χ0) is 80.3. The highest BCUT2D eigenvalue weighted by Gasteiger charge is 2.28. The highest BCUT2D eigenvalue weighted by atomic mass is 19.2. The van der Waals surface area contributed by atoms with E-state index in [0.717, 1.165) is 140 Å². The molecule has 0 aliphatic heterocycles. The molecule has 1 N–H and O–H groups in total. The third-order valence-electron chi connectivity index (χ3n) is 23.2. The molecule has 0 aliphatic carbocycles. The van der Waals surface area contributed by atoms with Crippen LogP contribution in [-0.2, 0) is 0 Å². The Bertz CT molecular complexity index is 7850. The lowest BCUT2D eigenvalue weighted by atomic mass is 9.98. The maximum absolute atomic E-state index is 15.4. The second-order valence-electron chi connectivity index (χ2n) is 30.6. The van der Waals surface area contributed by atoms with Crippen LogP contribution in [0.5, 0.6) is 0 Å². The summed E-state index contributed by atoms with van der Waals surface area (Å²) >= 11 is 0. The van der Waals surface area contributed by atoms with Crippen molar-refractivity contribution in [3.05, 3.63) is 422 Å². The lowest BCUT2D eigenvalue weighted by Crippen LogP contribution is -2.11. The highest BCUT2D eigenvalue weighted by Crippen LogP contribution is 2.51. The van der Waals surface area contributed by atoms with Crippen molar-refractivity contribution in [2.75, 3.05) is 15.1 Å². The van der Waals surface area contributed by atoms with Crippen LogP contribution in [0.1, 0.15) is 11.1 Å². The minimum Gasteiger partial charge on any atom is -0.355 e. The summed E-state index contributed by atoms with van der Waals surface area (Å²) in [5.74, 6) is -3.90. The van der Waals surface area contributed by atoms with Gasteiger partial charge in [0.25, 0.3) is 0 Å². The van der Waals surface area contributed by atoms with Gasteiger partial charge < -0.3 is 23.9 Å². The van der Waals surface area contributed by atoms with E-state index in [1.807, 2.05) is 180 Å². The fraction of sp³-hybridized carbons (Fsp3) is 0.0185. The number of aromatic nitrogens is 2. The SMILES string of the molecule is Cc1ccc2cc3c4ccc(C)c5c6c7ccccc7ccc6n(c3cc2c1)c45.Fc1cc(F)cc(N(c2ccc(-c3ccccc3)cc2)c2ccc3cc4c5ccc(N(c6ccc(-c7ccccc7)cc6)c6cc(F)cc(F)c6)c6c7c8ccccc8ccc7n(c4cc3c2)c56)c1.Fc1cc(F)cc(Nc2ccc(-c3ccccc3)cc2)c1. The Morgan fingerprint density at radius 1 is 0.227 bits per heavy atom. The fourth-order valence-corrected chi connectivity index (χ4v) is 17.9. The molecule has 23 rings (SSSR count). The third-order valence-corrected chi connectivity index (χ3v) is 23.2. The van der Waals surface area contributed by atoms with Crippen molar-refractivity contribution in [2.45, 2.75) is 13.8 Å². The van der Waals surface area contributed by atoms with E-state index in [9.17, 15) is 8.78 Å². The van der Waals surface area contributed by atoms with Gasteiger partial charge in [0.2, 0.25) is 0 Å². The molecule has 0 fully saturated rings. The van der Waals surface area contributed by atoms with Gasteiger partial charge in [-0.1, -0.05) is 236 Å². The Labute approximate surface area is 680 Å². The minimum atomic E-state index is -0.676. The van der Waals surface area contributed by atoms with Crippen molar-refractivity contribution >= 4 is 165 Å². The molecule has 0 saturated heterocycles. The minimum absolute atomic E-state index is 0.350. The number of nitrogens with one attached hydrogen (secondary N) is 1. The van der Waals surface area contributed by atoms with E-state index < -0.39 is 34.9 Å². The summed E-state index contributed by atoms with van der Waals surface area (Å²) in [6.45, 7) is 4.41. The van der Waals surface area contributed by atoms with Gasteiger partial charge in [-0.3, -0.25) is 0 Å². The molecular weight excluding hydrogens is 1480 g/mol. The van der Waals surface area contributed by atoms with Gasteiger partial charge in [-0.25, -0.2) is 26.3 Å². The summed E-state index contributed by atoms with van der Waals surface area (Å²) in [7, 11) is 0. The van der Waals surface area contributed by atoms with E-state index in [0.29, 0.717) is 17.1 Å². The first kappa shape index (κ1) is 71.6. The van der Waals surface area contributed by atoms with Crippen molar-refractivity contribution in [3.8, 4) is 33.4 Å². The van der Waals surface area contributed by atoms with Crippen LogP contribution >= 0.6 is 0 Å². The van der Waals surface area contributed by atoms with E-state index >= 15 is 17.6 Å². The molecule has 0 saturated carbocycles. The average Bonchev–Trinajstić information content (AvgIpc) is 1.53. The van der Waals surface area contributed by atoms with Crippen molar-refractivity contribution < 1.29 is 26.3 Å². The first-order valence-electron chi connectivity index (χ1n) is 39.5. The van der Waals surface area contributed by atoms with Crippen LogP contribution in [0, 0.1) is 48.8 Å². The number of halogens is 6. The zero-order valence-corrected chi connectivity index (χ0v) is 64.4. The summed E-state index contributed by atoms with van der Waals surface area (Å²) in [6, 6.07) is 121. The summed E-state index contributed by atoms with van der Waals surface area (Å²) in [5, 5.41) is 21.7. The van der Waals surface area contributed by atoms with E-state index in [2.05, 4.69) is 180 Å². The van der Waals surface area contributed by atoms with E-state index in [4.69, 9.17) is 0 Å². The molecule has 5 nitrogen and oxygen atoms in total. The number of nitrogens with zero attached hydrogens (tertiary/aromatic N) is 4. The quantitative estimate of drug-likeness (QED) is 0.131. The average molecular weight is 1550 g/mol. The van der Waals surface area contributed by atoms with E-state index in [-0.39, 0.29) is 0 Å². The molecular formula is C108H69F6N5. The Morgan fingerprint density at radius 2 is 0.622 bits per heavy atom. The second-order valence-corrected chi connectivity index (χ2v) is 30.6. The molecule has 0 amide bonds. The van der Waals surface area contributed by atoms with Crippen molar-refractivity contribution in [3.63, 3.8) is 0 Å². The van der Waals surface area contributed by atoms with Gasteiger partial charge in [-0.2, -0.15) is 0 Å². The number of hydrogen-bond acceptors (Lipinski definition) is 3. The molecule has 0 atom stereocenters. The van der Waals surface area contributed by atoms with Gasteiger partial charge in [-0.05, 0) is 223 Å². The lowest BCUT2D eigenvalue weighted by molar-refractivity contribution is 0.583. The standard InChI is InChI=1S/C62H37F4N3.C28H19N.C18H13F2N/c63-45-32-46(64)35-52(34-45)67(49-21-15-40(16-22-49)38-9-3-1-4-10-38)51-25-19-43-30-56-55-26-28-58(61-60-54-14-8-7-13-42(54)20-27-57(60)69(62(55)61)59(56)31-44(43)29-51)68(53-36-47(65)33-48(66)37-53)50-23-17-41(18-24-50)39-11-5-2-6-12-39;1-16-7-9-19-14-23-22-11-8-17(2)26-27-21-6-4-3-5-18(21)10-12-24(27)29(28(22)26)25(23)15-20(19)13-16;19-15-10-16(20)12-18(11-15)21-17-8-6-14(7-9-17)13-4-2-1-3-5-13/h1-37H;3-15H,1-2H3;1-12,21H. The molecule has 0 bridgehead atoms. The molecule has 4 aromatic heterocycles. The molecule has 119 heavy (non-hydrogen) atoms. The van der Waals surface area contributed by atoms with Gasteiger partial charge in [-0.15, -0.1) is 0 Å². The maximum Gasteiger partial charge on any atom is 0.128 e. The van der Waals surface area contributed by atoms with Crippen LogP contribution in [0.2, 0.25) is 0 Å².